The third-order valence-electron chi connectivity index (χ3n) is 0.948. The molecule has 0 amide bonds. The zero-order valence-corrected chi connectivity index (χ0v) is 7.41. The van der Waals surface area contributed by atoms with E-state index in [4.69, 9.17) is 34.1 Å². The molecule has 1 aromatic rings. The van der Waals surface area contributed by atoms with Crippen LogP contribution in [0.15, 0.2) is 5.16 Å². The maximum atomic E-state index is 8.25. The van der Waals surface area contributed by atoms with Gasteiger partial charge in [-0.2, -0.15) is 4.37 Å². The highest BCUT2D eigenvalue weighted by Crippen LogP contribution is 2.28. The topological polar surface area (TPSA) is 71.5 Å². The summed E-state index contributed by atoms with van der Waals surface area (Å²) in [6.07, 6.45) is 0. The average Bonchev–Trinajstić information content (AvgIpc) is 2.32. The van der Waals surface area contributed by atoms with Gasteiger partial charge in [0.25, 0.3) is 0 Å². The maximum Gasteiger partial charge on any atom is 0.191 e. The molecular weight excluding hydrogens is 209 g/mol. The summed E-state index contributed by atoms with van der Waals surface area (Å²) in [6, 6.07) is 0. The number of halogens is 2. The first-order valence-corrected chi connectivity index (χ1v) is 3.98. The lowest BCUT2D eigenvalue weighted by molar-refractivity contribution is 0.318. The van der Waals surface area contributed by atoms with Crippen LogP contribution in [-0.2, 0) is 0 Å². The Morgan fingerprint density at radius 2 is 2.27 bits per heavy atom. The zero-order valence-electron chi connectivity index (χ0n) is 5.08. The molecule has 0 aliphatic rings. The fourth-order valence-corrected chi connectivity index (χ4v) is 1.48. The highest BCUT2D eigenvalue weighted by molar-refractivity contribution is 7.11. The van der Waals surface area contributed by atoms with Gasteiger partial charge in [0, 0.05) is 0 Å². The van der Waals surface area contributed by atoms with E-state index in [1.807, 2.05) is 0 Å². The van der Waals surface area contributed by atoms with Gasteiger partial charge in [-0.05, 0) is 11.5 Å². The summed E-state index contributed by atoms with van der Waals surface area (Å²) < 4.78 is 4.08. The SMILES string of the molecule is N/C(=N\O)c1nsc(Cl)c1Cl. The van der Waals surface area contributed by atoms with Crippen LogP contribution in [0.25, 0.3) is 0 Å². The number of aromatic nitrogens is 1. The Hall–Kier alpha value is -0.520. The number of hydrogen-bond donors (Lipinski definition) is 2. The van der Waals surface area contributed by atoms with Crippen LogP contribution in [0.1, 0.15) is 5.69 Å². The van der Waals surface area contributed by atoms with Gasteiger partial charge in [0.15, 0.2) is 5.84 Å². The second-order valence-corrected chi connectivity index (χ2v) is 3.36. The molecule has 11 heavy (non-hydrogen) atoms. The van der Waals surface area contributed by atoms with Crippen molar-refractivity contribution in [2.45, 2.75) is 0 Å². The molecule has 0 fully saturated rings. The van der Waals surface area contributed by atoms with E-state index in [1.165, 1.54) is 0 Å². The van der Waals surface area contributed by atoms with Crippen LogP contribution < -0.4 is 5.73 Å². The van der Waals surface area contributed by atoms with Crippen molar-refractivity contribution in [3.05, 3.63) is 15.1 Å². The van der Waals surface area contributed by atoms with Crippen molar-refractivity contribution in [2.24, 2.45) is 10.9 Å². The summed E-state index contributed by atoms with van der Waals surface area (Å²) in [5.41, 5.74) is 5.42. The van der Waals surface area contributed by atoms with Gasteiger partial charge in [-0.1, -0.05) is 28.4 Å². The molecular formula is C4H3Cl2N3OS. The van der Waals surface area contributed by atoms with Gasteiger partial charge >= 0.3 is 0 Å². The Morgan fingerprint density at radius 3 is 2.64 bits per heavy atom. The normalized spacial score (nSPS) is 12.0. The first-order valence-electron chi connectivity index (χ1n) is 2.45. The Labute approximate surface area is 76.4 Å². The number of amidine groups is 1. The summed E-state index contributed by atoms with van der Waals surface area (Å²) >= 11 is 12.2. The minimum Gasteiger partial charge on any atom is -0.409 e. The molecule has 0 aromatic carbocycles. The largest absolute Gasteiger partial charge is 0.409 e. The van der Waals surface area contributed by atoms with Crippen LogP contribution in [0.2, 0.25) is 9.36 Å². The second-order valence-electron chi connectivity index (χ2n) is 1.60. The Morgan fingerprint density at radius 1 is 1.64 bits per heavy atom. The van der Waals surface area contributed by atoms with E-state index in [2.05, 4.69) is 9.53 Å². The van der Waals surface area contributed by atoms with Gasteiger partial charge in [-0.25, -0.2) is 0 Å². The van der Waals surface area contributed by atoms with Crippen LogP contribution in [0.5, 0.6) is 0 Å². The molecule has 60 valence electrons. The standard InChI is InChI=1S/C4H3Cl2N3OS/c5-1-2(4(7)8-10)9-11-3(1)6/h10H,(H2,7,8). The molecule has 0 atom stereocenters. The fraction of sp³-hybridized carbons (Fsp3) is 0. The van der Waals surface area contributed by atoms with Crippen molar-refractivity contribution in [3.8, 4) is 0 Å². The van der Waals surface area contributed by atoms with Crippen molar-refractivity contribution < 1.29 is 5.21 Å². The summed E-state index contributed by atoms with van der Waals surface area (Å²) in [5, 5.41) is 11.2. The number of oxime groups is 1. The van der Waals surface area contributed by atoms with Crippen molar-refractivity contribution in [1.82, 2.24) is 4.37 Å². The number of nitrogens with zero attached hydrogens (tertiary/aromatic N) is 2. The highest BCUT2D eigenvalue weighted by Gasteiger charge is 2.12. The van der Waals surface area contributed by atoms with Crippen LogP contribution >= 0.6 is 34.7 Å². The molecule has 1 rings (SSSR count). The van der Waals surface area contributed by atoms with Gasteiger partial charge in [0.2, 0.25) is 0 Å². The van der Waals surface area contributed by atoms with Crippen molar-refractivity contribution in [1.29, 1.82) is 0 Å². The molecule has 0 aliphatic heterocycles. The molecule has 4 nitrogen and oxygen atoms in total. The number of hydrogen-bond acceptors (Lipinski definition) is 4. The van der Waals surface area contributed by atoms with Gasteiger partial charge in [0.05, 0.1) is 0 Å². The fourth-order valence-electron chi connectivity index (χ4n) is 0.466. The zero-order chi connectivity index (χ0) is 8.43. The molecule has 1 heterocycles. The van der Waals surface area contributed by atoms with Gasteiger partial charge in [-0.15, -0.1) is 0 Å². The van der Waals surface area contributed by atoms with Gasteiger partial charge in [-0.3, -0.25) is 0 Å². The molecule has 0 unspecified atom stereocenters. The van der Waals surface area contributed by atoms with E-state index in [1.54, 1.807) is 0 Å². The first kappa shape index (κ1) is 8.58. The Kier molecular flexibility index (Phi) is 2.53. The van der Waals surface area contributed by atoms with Crippen LogP contribution in [-0.4, -0.2) is 15.4 Å². The van der Waals surface area contributed by atoms with Crippen LogP contribution in [0.3, 0.4) is 0 Å². The van der Waals surface area contributed by atoms with E-state index in [9.17, 15) is 0 Å². The third kappa shape index (κ3) is 1.55. The predicted molar refractivity (Wildman–Crippen MR) is 44.6 cm³/mol. The molecule has 0 saturated carbocycles. The van der Waals surface area contributed by atoms with Crippen molar-refractivity contribution >= 4 is 40.6 Å². The number of rotatable bonds is 1. The van der Waals surface area contributed by atoms with E-state index in [0.717, 1.165) is 11.5 Å². The third-order valence-corrected chi connectivity index (χ3v) is 2.56. The lowest BCUT2D eigenvalue weighted by Crippen LogP contribution is -2.13. The average molecular weight is 212 g/mol. The lowest BCUT2D eigenvalue weighted by Gasteiger charge is -1.90. The van der Waals surface area contributed by atoms with Gasteiger partial charge < -0.3 is 10.9 Å². The Bertz CT molecular complexity index is 298. The maximum absolute atomic E-state index is 8.25. The van der Waals surface area contributed by atoms with Crippen molar-refractivity contribution in [3.63, 3.8) is 0 Å². The van der Waals surface area contributed by atoms with E-state index in [-0.39, 0.29) is 16.6 Å². The molecule has 7 heteroatoms. The smallest absolute Gasteiger partial charge is 0.191 e. The summed E-state index contributed by atoms with van der Waals surface area (Å²) in [5.74, 6) is -0.141. The van der Waals surface area contributed by atoms with Crippen LogP contribution in [0.4, 0.5) is 0 Å². The first-order chi connectivity index (χ1) is 5.16. The molecule has 1 aromatic heterocycles. The van der Waals surface area contributed by atoms with Gasteiger partial charge in [0.1, 0.15) is 15.1 Å². The minimum atomic E-state index is -0.141. The van der Waals surface area contributed by atoms with Crippen molar-refractivity contribution in [2.75, 3.05) is 0 Å². The lowest BCUT2D eigenvalue weighted by atomic mass is 10.4. The van der Waals surface area contributed by atoms with Crippen LogP contribution in [0, 0.1) is 0 Å². The molecule has 0 spiro atoms. The van der Waals surface area contributed by atoms with E-state index < -0.39 is 0 Å². The molecule has 0 bridgehead atoms. The molecule has 0 aliphatic carbocycles. The summed E-state index contributed by atoms with van der Waals surface area (Å²) in [7, 11) is 0. The monoisotopic (exact) mass is 211 g/mol. The molecule has 0 saturated heterocycles. The second kappa shape index (κ2) is 3.25. The molecule has 3 N–H and O–H groups in total. The quantitative estimate of drug-likeness (QED) is 0.321. The number of nitrogens with two attached hydrogens (primary N) is 1. The predicted octanol–water partition coefficient (Wildman–Crippen LogP) is 1.54. The molecule has 0 radical (unpaired) electrons. The Balaban J connectivity index is 3.15. The van der Waals surface area contributed by atoms with E-state index in [0.29, 0.717) is 4.34 Å². The summed E-state index contributed by atoms with van der Waals surface area (Å²) in [6.45, 7) is 0. The highest BCUT2D eigenvalue weighted by atomic mass is 35.5. The van der Waals surface area contributed by atoms with E-state index >= 15 is 0 Å². The summed E-state index contributed by atoms with van der Waals surface area (Å²) in [4.78, 5) is 0. The minimum absolute atomic E-state index is 0.141.